The molecule has 8 nitrogen and oxygen atoms in total. The molecule has 0 amide bonds. The highest BCUT2D eigenvalue weighted by Crippen LogP contribution is 2.25. The number of hydrogen-bond donors (Lipinski definition) is 0. The Labute approximate surface area is 548 Å². The van der Waals surface area contributed by atoms with Crippen molar-refractivity contribution in [1.29, 1.82) is 0 Å². The van der Waals surface area contributed by atoms with E-state index in [4.69, 9.17) is 0 Å². The molecule has 462 valence electrons. The first-order valence-corrected chi connectivity index (χ1v) is 31.5. The fourth-order valence-corrected chi connectivity index (χ4v) is 11.5. The van der Waals surface area contributed by atoms with E-state index in [0.717, 1.165) is 11.4 Å². The predicted octanol–water partition coefficient (Wildman–Crippen LogP) is 21.9. The number of hydrogen-bond acceptors (Lipinski definition) is 8. The fourth-order valence-electron chi connectivity index (χ4n) is 11.5. The van der Waals surface area contributed by atoms with Gasteiger partial charge in [-0.05, 0) is 231 Å². The number of benzene rings is 8. The van der Waals surface area contributed by atoms with Gasteiger partial charge < -0.3 is 0 Å². The maximum Gasteiger partial charge on any atom is 0.0451 e. The first kappa shape index (κ1) is 66.5. The van der Waals surface area contributed by atoms with E-state index in [1.807, 2.05) is 119 Å². The summed E-state index contributed by atoms with van der Waals surface area (Å²) in [5.41, 5.74) is 16.5. The summed E-state index contributed by atoms with van der Waals surface area (Å²) < 4.78 is 0. The zero-order valence-electron chi connectivity index (χ0n) is 55.9. The van der Waals surface area contributed by atoms with Crippen LogP contribution in [-0.2, 0) is 0 Å². The van der Waals surface area contributed by atoms with Gasteiger partial charge >= 0.3 is 0 Å². The molecule has 0 fully saturated rings. The lowest BCUT2D eigenvalue weighted by Crippen LogP contribution is -1.84. The molecule has 8 aromatic heterocycles. The van der Waals surface area contributed by atoms with Crippen LogP contribution < -0.4 is 0 Å². The van der Waals surface area contributed by atoms with E-state index in [-0.39, 0.29) is 0 Å². The van der Waals surface area contributed by atoms with Gasteiger partial charge in [-0.15, -0.1) is 0 Å². The average molecular weight is 1220 g/mol. The van der Waals surface area contributed by atoms with E-state index in [9.17, 15) is 0 Å². The van der Waals surface area contributed by atoms with Crippen molar-refractivity contribution < 1.29 is 0 Å². The van der Waals surface area contributed by atoms with E-state index in [0.29, 0.717) is 0 Å². The summed E-state index contributed by atoms with van der Waals surface area (Å²) in [5.74, 6) is 0. The van der Waals surface area contributed by atoms with Crippen molar-refractivity contribution in [1.82, 2.24) is 39.9 Å². The number of fused-ring (bicyclic) bond motifs is 8. The van der Waals surface area contributed by atoms with Crippen LogP contribution in [0.4, 0.5) is 0 Å². The fraction of sp³-hybridized carbons (Fsp3) is 0.153. The van der Waals surface area contributed by atoms with Gasteiger partial charge in [-0.25, -0.2) is 0 Å². The molecular formula is C85H82N8. The van der Waals surface area contributed by atoms with Gasteiger partial charge in [0.2, 0.25) is 0 Å². The topological polar surface area (TPSA) is 103 Å². The second-order valence-corrected chi connectivity index (χ2v) is 23.6. The van der Waals surface area contributed by atoms with Gasteiger partial charge in [0.05, 0.1) is 0 Å². The Morgan fingerprint density at radius 1 is 0.204 bits per heavy atom. The summed E-state index contributed by atoms with van der Waals surface area (Å²) in [6.07, 6.45) is 26.4. The third kappa shape index (κ3) is 17.5. The van der Waals surface area contributed by atoms with Crippen molar-refractivity contribution >= 4 is 86.2 Å². The summed E-state index contributed by atoms with van der Waals surface area (Å²) in [4.78, 5) is 33.1. The van der Waals surface area contributed by atoms with Gasteiger partial charge in [0, 0.05) is 141 Å². The van der Waals surface area contributed by atoms with Crippen LogP contribution in [0.2, 0.25) is 0 Å². The second-order valence-electron chi connectivity index (χ2n) is 23.6. The molecule has 0 aliphatic carbocycles. The van der Waals surface area contributed by atoms with Gasteiger partial charge in [0.15, 0.2) is 0 Å². The number of nitrogens with zero attached hydrogens (tertiary/aromatic N) is 8. The molecule has 0 aliphatic heterocycles. The molecule has 0 saturated heterocycles. The normalized spacial score (nSPS) is 10.4. The molecule has 16 rings (SSSR count). The Kier molecular flexibility index (Phi) is 23.0. The number of aryl methyl sites for hydroxylation is 13. The molecule has 0 saturated carbocycles. The minimum Gasteiger partial charge on any atom is -0.264 e. The van der Waals surface area contributed by atoms with E-state index < -0.39 is 0 Å². The first-order chi connectivity index (χ1) is 45.0. The van der Waals surface area contributed by atoms with Crippen LogP contribution in [-0.4, -0.2) is 39.9 Å². The summed E-state index contributed by atoms with van der Waals surface area (Å²) in [7, 11) is 0. The second kappa shape index (κ2) is 32.2. The van der Waals surface area contributed by atoms with Crippen LogP contribution in [0.1, 0.15) is 72.6 Å². The lowest BCUT2D eigenvalue weighted by molar-refractivity contribution is 1.22. The SMILES string of the molecule is Cc1cc(C)c2ccncc2c1.Cc1cc2c(C)cccc2cn1.Cc1ccc(C)c2cnccc12.Cc1cccc2c(C)nccc12.Cc1cccc2ccncc12.Cc1cccc2cncc(C)c12.Cc1cccc2cnccc12.Cc1cncc2ccccc12. The maximum absolute atomic E-state index is 4.25. The smallest absolute Gasteiger partial charge is 0.0451 e. The Morgan fingerprint density at radius 2 is 0.634 bits per heavy atom. The summed E-state index contributed by atoms with van der Waals surface area (Å²) >= 11 is 0. The van der Waals surface area contributed by atoms with E-state index in [1.54, 1.807) is 0 Å². The highest BCUT2D eigenvalue weighted by Gasteiger charge is 2.03. The van der Waals surface area contributed by atoms with E-state index in [2.05, 4.69) is 274 Å². The van der Waals surface area contributed by atoms with Crippen molar-refractivity contribution in [2.24, 2.45) is 0 Å². The lowest BCUT2D eigenvalue weighted by Gasteiger charge is -2.03. The maximum atomic E-state index is 4.25. The Morgan fingerprint density at radius 3 is 1.28 bits per heavy atom. The molecule has 0 bridgehead atoms. The molecular weight excluding hydrogens is 1130 g/mol. The van der Waals surface area contributed by atoms with Gasteiger partial charge in [-0.2, -0.15) is 0 Å². The highest BCUT2D eigenvalue weighted by atomic mass is 14.7. The molecule has 8 heterocycles. The number of pyridine rings is 8. The Hall–Kier alpha value is -11.0. The Balaban J connectivity index is 0.000000125. The van der Waals surface area contributed by atoms with Crippen LogP contribution in [0.5, 0.6) is 0 Å². The van der Waals surface area contributed by atoms with E-state index in [1.165, 1.54) is 147 Å². The Bertz CT molecular complexity index is 4800. The van der Waals surface area contributed by atoms with Crippen molar-refractivity contribution in [3.63, 3.8) is 0 Å². The zero-order valence-corrected chi connectivity index (χ0v) is 55.9. The molecule has 8 heteroatoms. The summed E-state index contributed by atoms with van der Waals surface area (Å²) in [6.45, 7) is 27.3. The van der Waals surface area contributed by atoms with Crippen LogP contribution in [0.25, 0.3) is 86.2 Å². The van der Waals surface area contributed by atoms with Crippen LogP contribution >= 0.6 is 0 Å². The summed E-state index contributed by atoms with van der Waals surface area (Å²) in [6, 6.07) is 60.7. The highest BCUT2D eigenvalue weighted by molar-refractivity contribution is 5.91. The van der Waals surface area contributed by atoms with Crippen LogP contribution in [0.15, 0.2) is 263 Å². The average Bonchev–Trinajstić information content (AvgIpc) is 1.85. The van der Waals surface area contributed by atoms with Gasteiger partial charge in [0.25, 0.3) is 0 Å². The number of rotatable bonds is 0. The molecule has 0 unspecified atom stereocenters. The van der Waals surface area contributed by atoms with E-state index >= 15 is 0 Å². The lowest BCUT2D eigenvalue weighted by atomic mass is 10.0. The first-order valence-electron chi connectivity index (χ1n) is 31.5. The van der Waals surface area contributed by atoms with Crippen LogP contribution in [0, 0.1) is 90.0 Å². The molecule has 8 aromatic carbocycles. The molecule has 0 spiro atoms. The zero-order chi connectivity index (χ0) is 65.8. The van der Waals surface area contributed by atoms with Crippen molar-refractivity contribution in [2.45, 2.75) is 90.0 Å². The molecule has 0 radical (unpaired) electrons. The molecule has 93 heavy (non-hydrogen) atoms. The van der Waals surface area contributed by atoms with Crippen molar-refractivity contribution in [2.75, 3.05) is 0 Å². The largest absolute Gasteiger partial charge is 0.264 e. The number of aromatic nitrogens is 8. The standard InChI is InChI=1S/5C11H11N.3C10H9N/c1-8-5-9(2)11-3-4-12-7-10(11)6-8;1-8-3-4-9(2)11-7-12-6-5-10(8)11;1-8-4-3-5-10-7-12-6-9(2)11(8)10;1-8-4-3-5-10-7-12-9(2)6-11(8)10;1-8-4-3-5-11-9(2)12-7-6-10(8)11;1-8-3-2-4-9-7-11-6-5-10(8)9;1-8-3-2-4-9-5-6-11-7-10(8)9;1-8-6-11-7-9-4-2-3-5-10(8)9/h5*3-7H,1-2H3;3*2-7H,1H3. The third-order valence-corrected chi connectivity index (χ3v) is 16.5. The molecule has 0 N–H and O–H groups in total. The minimum absolute atomic E-state index is 1.08. The quantitative estimate of drug-likeness (QED) is 0.148. The van der Waals surface area contributed by atoms with Gasteiger partial charge in [-0.1, -0.05) is 139 Å². The minimum atomic E-state index is 1.08. The summed E-state index contributed by atoms with van der Waals surface area (Å²) in [5, 5.41) is 20.3. The monoisotopic (exact) mass is 1210 g/mol. The third-order valence-electron chi connectivity index (χ3n) is 16.5. The van der Waals surface area contributed by atoms with Crippen molar-refractivity contribution in [3.05, 3.63) is 335 Å². The predicted molar refractivity (Wildman–Crippen MR) is 396 cm³/mol. The van der Waals surface area contributed by atoms with Crippen LogP contribution in [0.3, 0.4) is 0 Å². The van der Waals surface area contributed by atoms with Gasteiger partial charge in [0.1, 0.15) is 0 Å². The van der Waals surface area contributed by atoms with Crippen molar-refractivity contribution in [3.8, 4) is 0 Å². The van der Waals surface area contributed by atoms with Gasteiger partial charge in [-0.3, -0.25) is 39.9 Å². The molecule has 0 atom stereocenters. The molecule has 16 aromatic rings. The molecule has 0 aliphatic rings.